The molecule has 1 aliphatic heterocycles. The molecule has 19 heavy (non-hydrogen) atoms. The summed E-state index contributed by atoms with van der Waals surface area (Å²) in [4.78, 5) is 12.4. The first-order valence-corrected chi connectivity index (χ1v) is 6.85. The second-order valence-corrected chi connectivity index (χ2v) is 5.44. The first-order valence-electron chi connectivity index (χ1n) is 6.85. The van der Waals surface area contributed by atoms with Crippen molar-refractivity contribution in [2.75, 3.05) is 13.2 Å². The molecule has 4 nitrogen and oxygen atoms in total. The van der Waals surface area contributed by atoms with Crippen molar-refractivity contribution >= 4 is 5.78 Å². The van der Waals surface area contributed by atoms with Crippen LogP contribution >= 0.6 is 0 Å². The SMILES string of the molecule is NC1(C(=O)c2ccc(OC3CC3)cc2)CCOCC1. The van der Waals surface area contributed by atoms with Crippen LogP contribution in [0, 0.1) is 0 Å². The largest absolute Gasteiger partial charge is 0.490 e. The Kier molecular flexibility index (Phi) is 3.29. The standard InChI is InChI=1S/C15H19NO3/c16-15(7-9-18-10-8-15)14(17)11-1-3-12(4-2-11)19-13-5-6-13/h1-4,13H,5-10,16H2. The average Bonchev–Trinajstić information content (AvgIpc) is 3.24. The molecule has 2 aliphatic rings. The minimum Gasteiger partial charge on any atom is -0.490 e. The Hall–Kier alpha value is -1.39. The minimum absolute atomic E-state index is 0.00812. The van der Waals surface area contributed by atoms with Gasteiger partial charge >= 0.3 is 0 Å². The lowest BCUT2D eigenvalue weighted by atomic mass is 9.83. The van der Waals surface area contributed by atoms with Crippen molar-refractivity contribution in [2.45, 2.75) is 37.3 Å². The molecular weight excluding hydrogens is 242 g/mol. The van der Waals surface area contributed by atoms with Crippen molar-refractivity contribution in [1.29, 1.82) is 0 Å². The predicted octanol–water partition coefficient (Wildman–Crippen LogP) is 1.92. The molecule has 1 aromatic carbocycles. The molecule has 2 N–H and O–H groups in total. The summed E-state index contributed by atoms with van der Waals surface area (Å²) in [7, 11) is 0. The molecule has 3 rings (SSSR count). The summed E-state index contributed by atoms with van der Waals surface area (Å²) >= 11 is 0. The lowest BCUT2D eigenvalue weighted by Gasteiger charge is -2.31. The molecule has 1 aliphatic carbocycles. The van der Waals surface area contributed by atoms with E-state index >= 15 is 0 Å². The third-order valence-corrected chi connectivity index (χ3v) is 3.78. The average molecular weight is 261 g/mol. The normalized spacial score (nSPS) is 21.9. The number of Topliss-reactive ketones (excluding diaryl/α,β-unsaturated/α-hetero) is 1. The molecule has 0 radical (unpaired) electrons. The van der Waals surface area contributed by atoms with E-state index in [1.54, 1.807) is 0 Å². The first kappa shape index (κ1) is 12.6. The number of hydrogen-bond acceptors (Lipinski definition) is 4. The summed E-state index contributed by atoms with van der Waals surface area (Å²) in [5.41, 5.74) is 6.10. The van der Waals surface area contributed by atoms with E-state index in [0.717, 1.165) is 18.6 Å². The number of carbonyl (C=O) groups is 1. The molecule has 0 bridgehead atoms. The fourth-order valence-corrected chi connectivity index (χ4v) is 2.31. The van der Waals surface area contributed by atoms with E-state index < -0.39 is 5.54 Å². The highest BCUT2D eigenvalue weighted by Crippen LogP contribution is 2.28. The molecule has 1 saturated carbocycles. The van der Waals surface area contributed by atoms with Crippen molar-refractivity contribution in [3.05, 3.63) is 29.8 Å². The second kappa shape index (κ2) is 4.94. The smallest absolute Gasteiger partial charge is 0.182 e. The fourth-order valence-electron chi connectivity index (χ4n) is 2.31. The summed E-state index contributed by atoms with van der Waals surface area (Å²) in [6, 6.07) is 7.33. The van der Waals surface area contributed by atoms with Crippen LogP contribution in [-0.4, -0.2) is 30.6 Å². The Morgan fingerprint density at radius 2 is 1.84 bits per heavy atom. The van der Waals surface area contributed by atoms with Gasteiger partial charge in [-0.2, -0.15) is 0 Å². The van der Waals surface area contributed by atoms with Gasteiger partial charge in [-0.1, -0.05) is 0 Å². The number of carbonyl (C=O) groups excluding carboxylic acids is 1. The molecule has 2 fully saturated rings. The van der Waals surface area contributed by atoms with Crippen molar-refractivity contribution in [1.82, 2.24) is 0 Å². The van der Waals surface area contributed by atoms with Crippen molar-refractivity contribution < 1.29 is 14.3 Å². The van der Waals surface area contributed by atoms with Gasteiger partial charge in [0.2, 0.25) is 0 Å². The topological polar surface area (TPSA) is 61.6 Å². The van der Waals surface area contributed by atoms with Gasteiger partial charge in [-0.25, -0.2) is 0 Å². The highest BCUT2D eigenvalue weighted by Gasteiger charge is 2.36. The van der Waals surface area contributed by atoms with Crippen LogP contribution in [0.25, 0.3) is 0 Å². The van der Waals surface area contributed by atoms with Gasteiger partial charge in [0.1, 0.15) is 5.75 Å². The third kappa shape index (κ3) is 2.80. The maximum atomic E-state index is 12.4. The van der Waals surface area contributed by atoms with Crippen LogP contribution in [0.3, 0.4) is 0 Å². The van der Waals surface area contributed by atoms with E-state index in [2.05, 4.69) is 0 Å². The summed E-state index contributed by atoms with van der Waals surface area (Å²) < 4.78 is 10.9. The summed E-state index contributed by atoms with van der Waals surface area (Å²) in [6.07, 6.45) is 3.82. The predicted molar refractivity (Wildman–Crippen MR) is 71.4 cm³/mol. The lowest BCUT2D eigenvalue weighted by molar-refractivity contribution is 0.0448. The Balaban J connectivity index is 1.71. The molecule has 102 valence electrons. The first-order chi connectivity index (χ1) is 9.17. The Morgan fingerprint density at radius 3 is 2.42 bits per heavy atom. The zero-order valence-corrected chi connectivity index (χ0v) is 10.9. The van der Waals surface area contributed by atoms with Crippen LogP contribution in [0.2, 0.25) is 0 Å². The van der Waals surface area contributed by atoms with Gasteiger partial charge in [0.05, 0.1) is 11.6 Å². The van der Waals surface area contributed by atoms with Gasteiger partial charge in [-0.15, -0.1) is 0 Å². The number of benzene rings is 1. The maximum Gasteiger partial charge on any atom is 0.182 e. The van der Waals surface area contributed by atoms with Gasteiger partial charge in [-0.05, 0) is 49.9 Å². The number of hydrogen-bond donors (Lipinski definition) is 1. The second-order valence-electron chi connectivity index (χ2n) is 5.44. The number of nitrogens with two attached hydrogens (primary N) is 1. The maximum absolute atomic E-state index is 12.4. The third-order valence-electron chi connectivity index (χ3n) is 3.78. The van der Waals surface area contributed by atoms with Crippen molar-refractivity contribution in [3.8, 4) is 5.75 Å². The van der Waals surface area contributed by atoms with E-state index in [1.807, 2.05) is 24.3 Å². The van der Waals surface area contributed by atoms with Gasteiger partial charge < -0.3 is 15.2 Å². The Morgan fingerprint density at radius 1 is 1.21 bits per heavy atom. The lowest BCUT2D eigenvalue weighted by Crippen LogP contribution is -2.51. The quantitative estimate of drug-likeness (QED) is 0.841. The van der Waals surface area contributed by atoms with E-state index in [4.69, 9.17) is 15.2 Å². The molecule has 1 saturated heterocycles. The van der Waals surface area contributed by atoms with Gasteiger partial charge in [0, 0.05) is 18.8 Å². The van der Waals surface area contributed by atoms with E-state index in [0.29, 0.717) is 37.7 Å². The summed E-state index contributed by atoms with van der Waals surface area (Å²) in [5, 5.41) is 0. The zero-order valence-electron chi connectivity index (χ0n) is 10.9. The van der Waals surface area contributed by atoms with Gasteiger partial charge in [0.25, 0.3) is 0 Å². The van der Waals surface area contributed by atoms with E-state index in [1.165, 1.54) is 0 Å². The monoisotopic (exact) mass is 261 g/mol. The van der Waals surface area contributed by atoms with E-state index in [-0.39, 0.29) is 5.78 Å². The molecule has 0 amide bonds. The molecule has 4 heteroatoms. The molecule has 0 unspecified atom stereocenters. The van der Waals surface area contributed by atoms with Crippen molar-refractivity contribution in [3.63, 3.8) is 0 Å². The van der Waals surface area contributed by atoms with Crippen LogP contribution in [0.1, 0.15) is 36.0 Å². The fraction of sp³-hybridized carbons (Fsp3) is 0.533. The van der Waals surface area contributed by atoms with Crippen LogP contribution < -0.4 is 10.5 Å². The van der Waals surface area contributed by atoms with Crippen LogP contribution in [0.15, 0.2) is 24.3 Å². The molecular formula is C15H19NO3. The zero-order chi connectivity index (χ0) is 13.3. The Bertz CT molecular complexity index is 459. The van der Waals surface area contributed by atoms with Crippen molar-refractivity contribution in [2.24, 2.45) is 5.73 Å². The number of ketones is 1. The van der Waals surface area contributed by atoms with Gasteiger partial charge in [-0.3, -0.25) is 4.79 Å². The van der Waals surface area contributed by atoms with Crippen LogP contribution in [0.4, 0.5) is 0 Å². The molecule has 0 aromatic heterocycles. The number of ether oxygens (including phenoxy) is 2. The highest BCUT2D eigenvalue weighted by atomic mass is 16.5. The van der Waals surface area contributed by atoms with Crippen LogP contribution in [0.5, 0.6) is 5.75 Å². The summed E-state index contributed by atoms with van der Waals surface area (Å²) in [6.45, 7) is 1.12. The molecule has 0 spiro atoms. The highest BCUT2D eigenvalue weighted by molar-refractivity contribution is 6.03. The minimum atomic E-state index is -0.767. The van der Waals surface area contributed by atoms with Crippen LogP contribution in [-0.2, 0) is 4.74 Å². The summed E-state index contributed by atoms with van der Waals surface area (Å²) in [5.74, 6) is 0.839. The number of rotatable bonds is 4. The Labute approximate surface area is 112 Å². The van der Waals surface area contributed by atoms with E-state index in [9.17, 15) is 4.79 Å². The molecule has 1 aromatic rings. The molecule has 1 heterocycles. The van der Waals surface area contributed by atoms with Gasteiger partial charge in [0.15, 0.2) is 5.78 Å². The molecule has 0 atom stereocenters.